The van der Waals surface area contributed by atoms with E-state index in [0.29, 0.717) is 16.9 Å². The Morgan fingerprint density at radius 1 is 1.25 bits per heavy atom. The van der Waals surface area contributed by atoms with Crippen molar-refractivity contribution in [2.75, 3.05) is 0 Å². The zero-order chi connectivity index (χ0) is 15.6. The number of alkyl carbamates (subject to hydrolysis) is 1. The molecule has 1 N–H and O–H groups in total. The largest absolute Gasteiger partial charge is 0.444 e. The molecule has 4 nitrogen and oxygen atoms in total. The molecule has 0 heterocycles. The number of nitrogens with one attached hydrogen (secondary N) is 1. The van der Waals surface area contributed by atoms with E-state index >= 15 is 0 Å². The number of halogens is 1. The summed E-state index contributed by atoms with van der Waals surface area (Å²) in [5.41, 5.74) is -0.00511. The molecule has 1 rings (SSSR count). The number of carbonyl (C=O) groups is 2. The summed E-state index contributed by atoms with van der Waals surface area (Å²) in [6.07, 6.45) is 0.193. The summed E-state index contributed by atoms with van der Waals surface area (Å²) >= 11 is 6.00. The highest BCUT2D eigenvalue weighted by Crippen LogP contribution is 2.25. The summed E-state index contributed by atoms with van der Waals surface area (Å²) in [6.45, 7) is 9.08. The molecule has 0 aliphatic heterocycles. The number of ether oxygens (including phenoxy) is 1. The zero-order valence-corrected chi connectivity index (χ0v) is 13.2. The van der Waals surface area contributed by atoms with Gasteiger partial charge < -0.3 is 10.1 Å². The van der Waals surface area contributed by atoms with Gasteiger partial charge in [-0.05, 0) is 52.3 Å². The maximum atomic E-state index is 11.8. The Labute approximate surface area is 124 Å². The molecular formula is C15H20ClNO3. The van der Waals surface area contributed by atoms with Crippen LogP contribution in [0.1, 0.15) is 50.5 Å². The molecule has 0 unspecified atom stereocenters. The van der Waals surface area contributed by atoms with Crippen LogP contribution in [0.4, 0.5) is 4.79 Å². The first-order chi connectivity index (χ1) is 9.05. The van der Waals surface area contributed by atoms with E-state index < -0.39 is 17.2 Å². The highest BCUT2D eigenvalue weighted by atomic mass is 35.5. The lowest BCUT2D eigenvalue weighted by Crippen LogP contribution is -2.43. The molecule has 1 aromatic rings. The molecule has 0 spiro atoms. The number of carbonyl (C=O) groups excluding carboxylic acids is 2. The Morgan fingerprint density at radius 2 is 1.85 bits per heavy atom. The number of aldehydes is 1. The first-order valence-corrected chi connectivity index (χ1v) is 6.69. The molecule has 0 aromatic heterocycles. The van der Waals surface area contributed by atoms with Gasteiger partial charge in [-0.25, -0.2) is 4.79 Å². The van der Waals surface area contributed by atoms with Crippen molar-refractivity contribution in [2.45, 2.75) is 45.8 Å². The van der Waals surface area contributed by atoms with Gasteiger partial charge in [-0.15, -0.1) is 0 Å². The van der Waals surface area contributed by atoms with Crippen molar-refractivity contribution in [3.8, 4) is 0 Å². The van der Waals surface area contributed by atoms with E-state index in [1.165, 1.54) is 0 Å². The van der Waals surface area contributed by atoms with Crippen molar-refractivity contribution in [2.24, 2.45) is 0 Å². The molecule has 0 saturated carbocycles. The SMILES string of the molecule is CC(C)(C)OC(=O)NC(C)(C)c1ccc(C=O)c(Cl)c1. The molecular weight excluding hydrogens is 278 g/mol. The van der Waals surface area contributed by atoms with Crippen LogP contribution in [0, 0.1) is 0 Å². The fourth-order valence-corrected chi connectivity index (χ4v) is 1.87. The number of hydrogen-bond donors (Lipinski definition) is 1. The van der Waals surface area contributed by atoms with Gasteiger partial charge in [-0.3, -0.25) is 4.79 Å². The summed E-state index contributed by atoms with van der Waals surface area (Å²) in [7, 11) is 0. The van der Waals surface area contributed by atoms with Gasteiger partial charge in [0.1, 0.15) is 5.60 Å². The van der Waals surface area contributed by atoms with Crippen LogP contribution >= 0.6 is 11.6 Å². The third-order valence-electron chi connectivity index (χ3n) is 2.66. The maximum Gasteiger partial charge on any atom is 0.408 e. The third-order valence-corrected chi connectivity index (χ3v) is 2.99. The van der Waals surface area contributed by atoms with Gasteiger partial charge in [-0.1, -0.05) is 17.7 Å². The minimum absolute atomic E-state index is 0.358. The minimum atomic E-state index is -0.659. The predicted molar refractivity (Wildman–Crippen MR) is 79.2 cm³/mol. The number of rotatable bonds is 3. The molecule has 0 saturated heterocycles. The number of amides is 1. The molecule has 0 aliphatic carbocycles. The lowest BCUT2D eigenvalue weighted by Gasteiger charge is -2.29. The Hall–Kier alpha value is -1.55. The highest BCUT2D eigenvalue weighted by molar-refractivity contribution is 6.33. The van der Waals surface area contributed by atoms with Crippen LogP contribution in [0.3, 0.4) is 0 Å². The first kappa shape index (κ1) is 16.5. The van der Waals surface area contributed by atoms with Crippen LogP contribution in [-0.4, -0.2) is 18.0 Å². The molecule has 1 amide bonds. The number of hydrogen-bond acceptors (Lipinski definition) is 3. The van der Waals surface area contributed by atoms with Gasteiger partial charge in [0.05, 0.1) is 10.6 Å². The van der Waals surface area contributed by atoms with Gasteiger partial charge in [-0.2, -0.15) is 0 Å². The Balaban J connectivity index is 2.91. The minimum Gasteiger partial charge on any atom is -0.444 e. The Kier molecular flexibility index (Phi) is 4.81. The van der Waals surface area contributed by atoms with E-state index in [9.17, 15) is 9.59 Å². The maximum absolute atomic E-state index is 11.8. The van der Waals surface area contributed by atoms with E-state index in [1.807, 2.05) is 13.8 Å². The van der Waals surface area contributed by atoms with E-state index in [-0.39, 0.29) is 0 Å². The van der Waals surface area contributed by atoms with Crippen LogP contribution < -0.4 is 5.32 Å². The predicted octanol–water partition coefficient (Wildman–Crippen LogP) is 3.91. The fraction of sp³-hybridized carbons (Fsp3) is 0.467. The van der Waals surface area contributed by atoms with Gasteiger partial charge in [0.2, 0.25) is 0 Å². The van der Waals surface area contributed by atoms with Crippen LogP contribution in [0.2, 0.25) is 5.02 Å². The lowest BCUT2D eigenvalue weighted by atomic mass is 9.93. The standard InChI is InChI=1S/C15H20ClNO3/c1-14(2,3)20-13(19)17-15(4,5)11-7-6-10(9-18)12(16)8-11/h6-9H,1-5H3,(H,17,19). The summed E-state index contributed by atoms with van der Waals surface area (Å²) in [6, 6.07) is 5.05. The molecule has 1 aromatic carbocycles. The van der Waals surface area contributed by atoms with Crippen molar-refractivity contribution in [1.29, 1.82) is 0 Å². The molecule has 0 aliphatic rings. The van der Waals surface area contributed by atoms with Gasteiger partial charge in [0, 0.05) is 5.56 Å². The summed E-state index contributed by atoms with van der Waals surface area (Å²) in [5, 5.41) is 3.14. The van der Waals surface area contributed by atoms with Crippen molar-refractivity contribution in [3.05, 3.63) is 34.3 Å². The van der Waals surface area contributed by atoms with Gasteiger partial charge >= 0.3 is 6.09 Å². The average molecular weight is 298 g/mol. The quantitative estimate of drug-likeness (QED) is 0.861. The zero-order valence-electron chi connectivity index (χ0n) is 12.4. The van der Waals surface area contributed by atoms with E-state index in [0.717, 1.165) is 5.56 Å². The number of benzene rings is 1. The second-order valence-corrected chi connectivity index (χ2v) is 6.51. The van der Waals surface area contributed by atoms with E-state index in [1.54, 1.807) is 39.0 Å². The molecule has 0 bridgehead atoms. The van der Waals surface area contributed by atoms with Crippen LogP contribution in [-0.2, 0) is 10.3 Å². The van der Waals surface area contributed by atoms with Crippen LogP contribution in [0.25, 0.3) is 0 Å². The van der Waals surface area contributed by atoms with Crippen molar-refractivity contribution in [3.63, 3.8) is 0 Å². The van der Waals surface area contributed by atoms with Crippen molar-refractivity contribution >= 4 is 24.0 Å². The molecule has 20 heavy (non-hydrogen) atoms. The summed E-state index contributed by atoms with van der Waals surface area (Å²) < 4.78 is 5.23. The smallest absolute Gasteiger partial charge is 0.408 e. The van der Waals surface area contributed by atoms with E-state index in [2.05, 4.69) is 5.32 Å². The average Bonchev–Trinajstić information content (AvgIpc) is 2.25. The summed E-state index contributed by atoms with van der Waals surface area (Å²) in [5.74, 6) is 0. The second kappa shape index (κ2) is 5.83. The third kappa shape index (κ3) is 4.53. The van der Waals surface area contributed by atoms with E-state index in [4.69, 9.17) is 16.3 Å². The van der Waals surface area contributed by atoms with Gasteiger partial charge in [0.25, 0.3) is 0 Å². The lowest BCUT2D eigenvalue weighted by molar-refractivity contribution is 0.0470. The molecule has 110 valence electrons. The molecule has 0 radical (unpaired) electrons. The molecule has 0 fully saturated rings. The summed E-state index contributed by atoms with van der Waals surface area (Å²) in [4.78, 5) is 22.6. The Morgan fingerprint density at radius 3 is 2.30 bits per heavy atom. The Bertz CT molecular complexity index is 518. The highest BCUT2D eigenvalue weighted by Gasteiger charge is 2.26. The van der Waals surface area contributed by atoms with Crippen LogP contribution in [0.15, 0.2) is 18.2 Å². The molecule has 5 heteroatoms. The molecule has 0 atom stereocenters. The second-order valence-electron chi connectivity index (χ2n) is 6.11. The normalized spacial score (nSPS) is 11.9. The first-order valence-electron chi connectivity index (χ1n) is 6.31. The van der Waals surface area contributed by atoms with Gasteiger partial charge in [0.15, 0.2) is 6.29 Å². The fourth-order valence-electron chi connectivity index (χ4n) is 1.64. The topological polar surface area (TPSA) is 55.4 Å². The van der Waals surface area contributed by atoms with Crippen molar-refractivity contribution < 1.29 is 14.3 Å². The monoisotopic (exact) mass is 297 g/mol. The van der Waals surface area contributed by atoms with Crippen molar-refractivity contribution in [1.82, 2.24) is 5.32 Å². The van der Waals surface area contributed by atoms with Crippen LogP contribution in [0.5, 0.6) is 0 Å².